The number of ether oxygens (including phenoxy) is 1. The van der Waals surface area contributed by atoms with Gasteiger partial charge >= 0.3 is 0 Å². The van der Waals surface area contributed by atoms with Crippen molar-refractivity contribution >= 4 is 37.4 Å². The lowest BCUT2D eigenvalue weighted by Gasteiger charge is -2.32. The van der Waals surface area contributed by atoms with Gasteiger partial charge < -0.3 is 35.1 Å². The van der Waals surface area contributed by atoms with Crippen molar-refractivity contribution in [3.8, 4) is 0 Å². The maximum Gasteiger partial charge on any atom is 0.264 e. The van der Waals surface area contributed by atoms with E-state index in [2.05, 4.69) is 10.6 Å². The second-order valence-electron chi connectivity index (χ2n) is 13.8. The molecule has 3 aromatic carbocycles. The number of para-hydroxylation sites is 1. The van der Waals surface area contributed by atoms with Crippen LogP contribution in [0.3, 0.4) is 0 Å². The Kier molecular flexibility index (Phi) is 9.87. The van der Waals surface area contributed by atoms with Gasteiger partial charge in [-0.3, -0.25) is 14.4 Å². The number of nitrogens with one attached hydrogen (secondary N) is 2. The second kappa shape index (κ2) is 13.9. The molecule has 6 rings (SSSR count). The number of nitrogens with zero attached hydrogens (tertiary/aromatic N) is 2. The Labute approximate surface area is 283 Å². The van der Waals surface area contributed by atoms with E-state index in [1.54, 1.807) is 9.80 Å². The molecule has 2 fully saturated rings. The molecule has 0 radical (unpaired) electrons. The summed E-state index contributed by atoms with van der Waals surface area (Å²) in [6, 6.07) is 24.6. The van der Waals surface area contributed by atoms with Gasteiger partial charge in [-0.2, -0.15) is 0 Å². The number of aliphatic hydroxyl groups is 1. The van der Waals surface area contributed by atoms with Crippen molar-refractivity contribution in [3.63, 3.8) is 0 Å². The van der Waals surface area contributed by atoms with Crippen LogP contribution in [0.15, 0.2) is 78.9 Å². The summed E-state index contributed by atoms with van der Waals surface area (Å²) >= 11 is 0. The molecule has 3 aliphatic rings. The molecule has 1 spiro atoms. The highest BCUT2D eigenvalue weighted by Crippen LogP contribution is 2.59. The molecule has 10 nitrogen and oxygen atoms in total. The minimum atomic E-state index is -2.97. The summed E-state index contributed by atoms with van der Waals surface area (Å²) in [6.45, 7) is 7.12. The van der Waals surface area contributed by atoms with Crippen LogP contribution in [0.2, 0.25) is 18.6 Å². The number of rotatable bonds is 11. The second-order valence-corrected chi connectivity index (χ2v) is 17.8. The molecule has 2 saturated heterocycles. The van der Waals surface area contributed by atoms with Crippen LogP contribution in [0.5, 0.6) is 0 Å². The minimum absolute atomic E-state index is 0.0143. The van der Waals surface area contributed by atoms with Gasteiger partial charge in [-0.15, -0.1) is 0 Å². The number of hydrogen-bond acceptors (Lipinski definition) is 7. The highest BCUT2D eigenvalue weighted by atomic mass is 28.4. The zero-order valence-corrected chi connectivity index (χ0v) is 28.9. The predicted molar refractivity (Wildman–Crippen MR) is 186 cm³/mol. The molecule has 3 aromatic rings. The smallest absolute Gasteiger partial charge is 0.264 e. The van der Waals surface area contributed by atoms with Crippen molar-refractivity contribution < 1.29 is 29.0 Å². The van der Waals surface area contributed by atoms with Crippen molar-refractivity contribution in [3.05, 3.63) is 95.6 Å². The third-order valence-electron chi connectivity index (χ3n) is 10.1. The first-order valence-corrected chi connectivity index (χ1v) is 19.9. The number of hydrogen-bond donors (Lipinski definition) is 4. The lowest BCUT2D eigenvalue weighted by Crippen LogP contribution is -2.46. The Morgan fingerprint density at radius 2 is 1.75 bits per heavy atom. The summed E-state index contributed by atoms with van der Waals surface area (Å²) in [7, 11) is -2.97. The third-order valence-corrected chi connectivity index (χ3v) is 12.6. The van der Waals surface area contributed by atoms with Gasteiger partial charge in [0.25, 0.3) is 5.91 Å². The molecule has 0 aliphatic carbocycles. The number of benzene rings is 3. The summed E-state index contributed by atoms with van der Waals surface area (Å²) in [5.74, 6) is -0.856. The SMILES string of the molecule is C[C@H]1[C@H]([Si](C)(C)O)[C@@H](CC(=O)N(CCO)Cc2ccccc2)O[C@]12C(=O)N(Cc1ccc(NC(=O)[C@H]3CCCN3)cc1)c1ccccc12. The molecule has 11 heteroatoms. The first-order valence-electron chi connectivity index (χ1n) is 16.9. The van der Waals surface area contributed by atoms with Gasteiger partial charge in [-0.25, -0.2) is 0 Å². The van der Waals surface area contributed by atoms with Gasteiger partial charge in [0.2, 0.25) is 11.8 Å². The summed E-state index contributed by atoms with van der Waals surface area (Å²) in [4.78, 5) is 56.1. The number of fused-ring (bicyclic) bond motifs is 2. The summed E-state index contributed by atoms with van der Waals surface area (Å²) < 4.78 is 6.85. The van der Waals surface area contributed by atoms with E-state index in [0.29, 0.717) is 18.8 Å². The fourth-order valence-corrected chi connectivity index (χ4v) is 10.5. The Balaban J connectivity index is 1.25. The maximum atomic E-state index is 14.7. The van der Waals surface area contributed by atoms with Crippen LogP contribution in [0.25, 0.3) is 0 Å². The van der Waals surface area contributed by atoms with Crippen LogP contribution < -0.4 is 15.5 Å². The van der Waals surface area contributed by atoms with Gasteiger partial charge in [0.15, 0.2) is 13.9 Å². The molecule has 0 bridgehead atoms. The van der Waals surface area contributed by atoms with E-state index < -0.39 is 31.5 Å². The van der Waals surface area contributed by atoms with Crippen LogP contribution in [0.4, 0.5) is 11.4 Å². The first-order chi connectivity index (χ1) is 23.0. The summed E-state index contributed by atoms with van der Waals surface area (Å²) in [5.41, 5.74) is 2.26. The lowest BCUT2D eigenvalue weighted by molar-refractivity contribution is -0.150. The van der Waals surface area contributed by atoms with Gasteiger partial charge in [0.05, 0.1) is 37.4 Å². The maximum absolute atomic E-state index is 14.7. The molecule has 0 saturated carbocycles. The quantitative estimate of drug-likeness (QED) is 0.226. The first kappa shape index (κ1) is 34.0. The van der Waals surface area contributed by atoms with E-state index >= 15 is 0 Å². The number of amides is 3. The summed E-state index contributed by atoms with van der Waals surface area (Å²) in [5, 5.41) is 16.0. The van der Waals surface area contributed by atoms with Gasteiger partial charge in [-0.1, -0.05) is 67.6 Å². The molecule has 48 heavy (non-hydrogen) atoms. The Morgan fingerprint density at radius 1 is 1.04 bits per heavy atom. The predicted octanol–water partition coefficient (Wildman–Crippen LogP) is 4.13. The fraction of sp³-hybridized carbons (Fsp3) is 0.432. The number of aliphatic hydroxyl groups excluding tert-OH is 1. The van der Waals surface area contributed by atoms with E-state index in [0.717, 1.165) is 41.8 Å². The zero-order chi connectivity index (χ0) is 34.1. The van der Waals surface area contributed by atoms with Crippen LogP contribution >= 0.6 is 0 Å². The monoisotopic (exact) mass is 670 g/mol. The van der Waals surface area contributed by atoms with Crippen molar-refractivity contribution in [2.24, 2.45) is 5.92 Å². The zero-order valence-electron chi connectivity index (χ0n) is 27.9. The van der Waals surface area contributed by atoms with Crippen molar-refractivity contribution in [2.75, 3.05) is 29.9 Å². The fourth-order valence-electron chi connectivity index (χ4n) is 7.92. The van der Waals surface area contributed by atoms with E-state index in [1.165, 1.54) is 0 Å². The van der Waals surface area contributed by atoms with Crippen LogP contribution in [-0.2, 0) is 37.8 Å². The number of anilines is 2. The van der Waals surface area contributed by atoms with Crippen LogP contribution in [0.1, 0.15) is 42.9 Å². The number of carbonyl (C=O) groups is 3. The molecular formula is C37H46N4O6Si. The Hall–Kier alpha value is -3.87. The average molecular weight is 671 g/mol. The Morgan fingerprint density at radius 3 is 2.42 bits per heavy atom. The van der Waals surface area contributed by atoms with Crippen molar-refractivity contribution in [1.29, 1.82) is 0 Å². The molecule has 0 aromatic heterocycles. The Bertz CT molecular complexity index is 1620. The average Bonchev–Trinajstić information content (AvgIpc) is 3.76. The van der Waals surface area contributed by atoms with E-state index in [4.69, 9.17) is 4.74 Å². The van der Waals surface area contributed by atoms with E-state index in [-0.39, 0.29) is 43.3 Å². The molecule has 254 valence electrons. The van der Waals surface area contributed by atoms with Crippen LogP contribution in [0, 0.1) is 5.92 Å². The van der Waals surface area contributed by atoms with Crippen molar-refractivity contribution in [2.45, 2.75) is 75.7 Å². The topological polar surface area (TPSA) is 131 Å². The molecule has 3 aliphatic heterocycles. The highest BCUT2D eigenvalue weighted by Gasteiger charge is 2.66. The van der Waals surface area contributed by atoms with Gasteiger partial charge in [0.1, 0.15) is 0 Å². The van der Waals surface area contributed by atoms with E-state index in [9.17, 15) is 24.3 Å². The highest BCUT2D eigenvalue weighted by molar-refractivity contribution is 6.71. The molecule has 4 N–H and O–H groups in total. The molecular weight excluding hydrogens is 625 g/mol. The molecule has 3 heterocycles. The van der Waals surface area contributed by atoms with Gasteiger partial charge in [-0.05, 0) is 61.8 Å². The normalized spacial score (nSPS) is 25.0. The van der Waals surface area contributed by atoms with Gasteiger partial charge in [0, 0.05) is 35.8 Å². The lowest BCUT2D eigenvalue weighted by atomic mass is 9.82. The minimum Gasteiger partial charge on any atom is -0.432 e. The third kappa shape index (κ3) is 6.57. The van der Waals surface area contributed by atoms with Crippen LogP contribution in [-0.4, -0.2) is 72.7 Å². The largest absolute Gasteiger partial charge is 0.432 e. The summed E-state index contributed by atoms with van der Waals surface area (Å²) in [6.07, 6.45) is 1.10. The molecule has 5 atom stereocenters. The molecule has 3 amide bonds. The standard InChI is InChI=1S/C37H46N4O6Si/c1-25-34(48(2,3)46)32(22-33(43)40(20-21-42)23-26-10-5-4-6-11-26)47-37(25)29-12-7-8-14-31(29)41(36(37)45)24-27-15-17-28(18-16-27)39-35(44)30-13-9-19-38-30/h4-8,10-12,14-18,25,30,32,34,38,42,46H,9,13,19-24H2,1-3H3,(H,39,44)/t25-,30+,32+,34-,37+/m0/s1. The molecule has 0 unspecified atom stereocenters. The number of carbonyl (C=O) groups excluding carboxylic acids is 3. The van der Waals surface area contributed by atoms with Crippen molar-refractivity contribution in [1.82, 2.24) is 10.2 Å². The van der Waals surface area contributed by atoms with E-state index in [1.807, 2.05) is 98.9 Å².